The molecule has 0 aromatic heterocycles. The van der Waals surface area contributed by atoms with Crippen LogP contribution in [0.4, 0.5) is 0 Å². The number of amides is 3. The average Bonchev–Trinajstić information content (AvgIpc) is 2.81. The number of nitrogens with one attached hydrogen (secondary N) is 1. The maximum absolute atomic E-state index is 12.7. The van der Waals surface area contributed by atoms with Crippen LogP contribution >= 0.6 is 0 Å². The van der Waals surface area contributed by atoms with Crippen molar-refractivity contribution in [3.8, 4) is 0 Å². The summed E-state index contributed by atoms with van der Waals surface area (Å²) in [5.41, 5.74) is 0. The van der Waals surface area contributed by atoms with Crippen molar-refractivity contribution >= 4 is 17.7 Å². The summed E-state index contributed by atoms with van der Waals surface area (Å²) in [6.45, 7) is 5.02. The molecule has 0 aromatic rings. The molecule has 6 heteroatoms. The summed E-state index contributed by atoms with van der Waals surface area (Å²) in [7, 11) is 1.61. The Morgan fingerprint density at radius 2 is 1.83 bits per heavy atom. The van der Waals surface area contributed by atoms with Gasteiger partial charge in [0.15, 0.2) is 0 Å². The highest BCUT2D eigenvalue weighted by molar-refractivity contribution is 6.08. The van der Waals surface area contributed by atoms with Crippen LogP contribution in [0.3, 0.4) is 0 Å². The minimum absolute atomic E-state index is 0.188. The van der Waals surface area contributed by atoms with Crippen LogP contribution in [0.2, 0.25) is 0 Å². The van der Waals surface area contributed by atoms with E-state index < -0.39 is 6.04 Å². The molecule has 0 spiro atoms. The number of hydrogen-bond donors (Lipinski definition) is 1. The van der Waals surface area contributed by atoms with Gasteiger partial charge < -0.3 is 10.1 Å². The molecule has 0 saturated carbocycles. The molecule has 0 aromatic carbocycles. The van der Waals surface area contributed by atoms with Crippen molar-refractivity contribution in [1.29, 1.82) is 0 Å². The van der Waals surface area contributed by atoms with E-state index in [0.717, 1.165) is 0 Å². The van der Waals surface area contributed by atoms with Gasteiger partial charge in [-0.2, -0.15) is 0 Å². The van der Waals surface area contributed by atoms with Crippen molar-refractivity contribution in [2.45, 2.75) is 45.6 Å². The van der Waals surface area contributed by atoms with E-state index in [1.807, 2.05) is 26.0 Å². The first-order valence-electron chi connectivity index (χ1n) is 8.76. The minimum atomic E-state index is -0.710. The van der Waals surface area contributed by atoms with E-state index in [1.54, 1.807) is 7.11 Å². The smallest absolute Gasteiger partial charge is 0.243 e. The zero-order chi connectivity index (χ0) is 17.7. The van der Waals surface area contributed by atoms with Gasteiger partial charge in [0, 0.05) is 20.3 Å². The first-order valence-corrected chi connectivity index (χ1v) is 8.76. The zero-order valence-corrected chi connectivity index (χ0v) is 14.8. The number of methoxy groups -OCH3 is 1. The number of imide groups is 1. The minimum Gasteiger partial charge on any atom is -0.385 e. The van der Waals surface area contributed by atoms with Crippen molar-refractivity contribution in [3.05, 3.63) is 12.2 Å². The summed E-state index contributed by atoms with van der Waals surface area (Å²) in [6, 6.07) is -0.710. The summed E-state index contributed by atoms with van der Waals surface area (Å²) < 4.78 is 4.97. The van der Waals surface area contributed by atoms with Crippen molar-refractivity contribution in [2.24, 2.45) is 17.8 Å². The van der Waals surface area contributed by atoms with E-state index in [4.69, 9.17) is 4.74 Å². The third kappa shape index (κ3) is 4.04. The predicted octanol–water partition coefficient (Wildman–Crippen LogP) is 1.50. The highest BCUT2D eigenvalue weighted by Gasteiger charge is 2.51. The third-order valence-corrected chi connectivity index (χ3v) is 4.68. The van der Waals surface area contributed by atoms with Crippen LogP contribution < -0.4 is 5.32 Å². The largest absolute Gasteiger partial charge is 0.385 e. The molecule has 2 rings (SSSR count). The summed E-state index contributed by atoms with van der Waals surface area (Å²) in [5.74, 6) is -0.995. The molecule has 3 atom stereocenters. The molecule has 3 amide bonds. The van der Waals surface area contributed by atoms with Gasteiger partial charge in [0.05, 0.1) is 11.8 Å². The van der Waals surface area contributed by atoms with Gasteiger partial charge in [0.1, 0.15) is 6.04 Å². The molecule has 1 saturated heterocycles. The molecule has 1 aliphatic heterocycles. The van der Waals surface area contributed by atoms with E-state index in [1.165, 1.54) is 4.90 Å². The zero-order valence-electron chi connectivity index (χ0n) is 14.8. The number of likely N-dealkylation sites (tertiary alicyclic amines) is 1. The van der Waals surface area contributed by atoms with Crippen LogP contribution in [-0.2, 0) is 19.1 Å². The predicted molar refractivity (Wildman–Crippen MR) is 90.0 cm³/mol. The second kappa shape index (κ2) is 8.42. The number of fused-ring (bicyclic) bond motifs is 1. The van der Waals surface area contributed by atoms with Gasteiger partial charge >= 0.3 is 0 Å². The molecule has 1 aliphatic carbocycles. The van der Waals surface area contributed by atoms with Crippen LogP contribution in [0.15, 0.2) is 12.2 Å². The summed E-state index contributed by atoms with van der Waals surface area (Å²) in [6.07, 6.45) is 6.29. The van der Waals surface area contributed by atoms with Gasteiger partial charge in [0.25, 0.3) is 0 Å². The van der Waals surface area contributed by atoms with E-state index in [9.17, 15) is 14.4 Å². The van der Waals surface area contributed by atoms with Crippen LogP contribution in [0.5, 0.6) is 0 Å². The van der Waals surface area contributed by atoms with E-state index in [2.05, 4.69) is 5.32 Å². The highest BCUT2D eigenvalue weighted by Crippen LogP contribution is 2.37. The highest BCUT2D eigenvalue weighted by atomic mass is 16.5. The number of rotatable bonds is 8. The Morgan fingerprint density at radius 1 is 1.25 bits per heavy atom. The van der Waals surface area contributed by atoms with E-state index in [0.29, 0.717) is 38.8 Å². The normalized spacial score (nSPS) is 24.4. The molecular formula is C18H28N2O4. The third-order valence-electron chi connectivity index (χ3n) is 4.68. The molecule has 0 radical (unpaired) electrons. The lowest BCUT2D eigenvalue weighted by Gasteiger charge is -2.27. The fraction of sp³-hybridized carbons (Fsp3) is 0.722. The standard InChI is InChI=1S/C18H28N2O4/c1-12(2)11-15(16(21)19-9-6-10-24-3)20-17(22)13-7-4-5-8-14(13)18(20)23/h4-5,12-15H,6-11H2,1-3H3,(H,19,21). The molecular weight excluding hydrogens is 308 g/mol. The van der Waals surface area contributed by atoms with Gasteiger partial charge in [-0.3, -0.25) is 19.3 Å². The van der Waals surface area contributed by atoms with Crippen LogP contribution in [-0.4, -0.2) is 48.9 Å². The van der Waals surface area contributed by atoms with E-state index in [-0.39, 0.29) is 35.5 Å². The van der Waals surface area contributed by atoms with Gasteiger partial charge in [-0.25, -0.2) is 0 Å². The number of allylic oxidation sites excluding steroid dienone is 2. The monoisotopic (exact) mass is 336 g/mol. The van der Waals surface area contributed by atoms with Crippen molar-refractivity contribution < 1.29 is 19.1 Å². The van der Waals surface area contributed by atoms with Gasteiger partial charge in [-0.05, 0) is 31.6 Å². The SMILES string of the molecule is COCCCNC(=O)C(CC(C)C)N1C(=O)C2CC=CCC2C1=O. The fourth-order valence-electron chi connectivity index (χ4n) is 3.46. The van der Waals surface area contributed by atoms with E-state index >= 15 is 0 Å². The molecule has 134 valence electrons. The Kier molecular flexibility index (Phi) is 6.54. The number of carbonyl (C=O) groups is 3. The lowest BCUT2D eigenvalue weighted by atomic mass is 9.85. The Labute approximate surface area is 143 Å². The lowest BCUT2D eigenvalue weighted by Crippen LogP contribution is -2.50. The number of nitrogens with zero attached hydrogens (tertiary/aromatic N) is 1. The quantitative estimate of drug-likeness (QED) is 0.414. The molecule has 6 nitrogen and oxygen atoms in total. The molecule has 1 heterocycles. The summed E-state index contributed by atoms with van der Waals surface area (Å²) >= 11 is 0. The first-order chi connectivity index (χ1) is 11.5. The number of carbonyl (C=O) groups excluding carboxylic acids is 3. The first kappa shape index (κ1) is 18.6. The number of hydrogen-bond acceptors (Lipinski definition) is 4. The second-order valence-electron chi connectivity index (χ2n) is 6.98. The Hall–Kier alpha value is -1.69. The van der Waals surface area contributed by atoms with Gasteiger partial charge in [-0.1, -0.05) is 26.0 Å². The van der Waals surface area contributed by atoms with Crippen molar-refractivity contribution in [3.63, 3.8) is 0 Å². The molecule has 3 unspecified atom stereocenters. The maximum Gasteiger partial charge on any atom is 0.243 e. The summed E-state index contributed by atoms with van der Waals surface area (Å²) in [4.78, 5) is 39.3. The Bertz CT molecular complexity index is 489. The molecule has 0 bridgehead atoms. The molecule has 1 fully saturated rings. The van der Waals surface area contributed by atoms with Crippen LogP contribution in [0, 0.1) is 17.8 Å². The van der Waals surface area contributed by atoms with Crippen molar-refractivity contribution in [2.75, 3.05) is 20.3 Å². The van der Waals surface area contributed by atoms with Crippen molar-refractivity contribution in [1.82, 2.24) is 10.2 Å². The average molecular weight is 336 g/mol. The second-order valence-corrected chi connectivity index (χ2v) is 6.98. The summed E-state index contributed by atoms with van der Waals surface area (Å²) in [5, 5.41) is 2.84. The van der Waals surface area contributed by atoms with Crippen LogP contribution in [0.25, 0.3) is 0 Å². The topological polar surface area (TPSA) is 75.7 Å². The van der Waals surface area contributed by atoms with Gasteiger partial charge in [-0.15, -0.1) is 0 Å². The fourth-order valence-corrected chi connectivity index (χ4v) is 3.46. The lowest BCUT2D eigenvalue weighted by molar-refractivity contribution is -0.148. The Morgan fingerprint density at radius 3 is 2.33 bits per heavy atom. The molecule has 24 heavy (non-hydrogen) atoms. The van der Waals surface area contributed by atoms with Gasteiger partial charge in [0.2, 0.25) is 17.7 Å². The molecule has 1 N–H and O–H groups in total. The molecule has 2 aliphatic rings. The number of ether oxygens (including phenoxy) is 1. The maximum atomic E-state index is 12.7. The van der Waals surface area contributed by atoms with Crippen LogP contribution in [0.1, 0.15) is 39.5 Å². The Balaban J connectivity index is 2.10.